The van der Waals surface area contributed by atoms with E-state index in [9.17, 15) is 9.59 Å². The summed E-state index contributed by atoms with van der Waals surface area (Å²) in [6.45, 7) is 5.54. The number of nitrogens with two attached hydrogens (primary N) is 1. The lowest BCUT2D eigenvalue weighted by molar-refractivity contribution is -0.141. The molecule has 2 saturated carbocycles. The van der Waals surface area contributed by atoms with Gasteiger partial charge in [0.15, 0.2) is 0 Å². The number of fused-ring (bicyclic) bond motifs is 2. The van der Waals surface area contributed by atoms with Crippen molar-refractivity contribution in [2.24, 2.45) is 23.5 Å². The highest BCUT2D eigenvalue weighted by Crippen LogP contribution is 2.42. The fourth-order valence-corrected chi connectivity index (χ4v) is 5.99. The summed E-state index contributed by atoms with van der Waals surface area (Å²) in [5.74, 6) is 1.90. The molecule has 4 rings (SSSR count). The van der Waals surface area contributed by atoms with Gasteiger partial charge in [-0.25, -0.2) is 0 Å². The smallest absolute Gasteiger partial charge is 0.236 e. The van der Waals surface area contributed by atoms with E-state index >= 15 is 0 Å². The first-order valence-corrected chi connectivity index (χ1v) is 11.7. The predicted octanol–water partition coefficient (Wildman–Crippen LogP) is 1.69. The van der Waals surface area contributed by atoms with E-state index in [0.717, 1.165) is 65.0 Å². The van der Waals surface area contributed by atoms with Crippen molar-refractivity contribution in [3.05, 3.63) is 0 Å². The summed E-state index contributed by atoms with van der Waals surface area (Å²) < 4.78 is 0. The molecular formula is C22H38N4O2. The predicted molar refractivity (Wildman–Crippen MR) is 110 cm³/mol. The molecule has 6 heteroatoms. The lowest BCUT2D eigenvalue weighted by atomic mass is 9.65. The zero-order chi connectivity index (χ0) is 19.5. The van der Waals surface area contributed by atoms with Gasteiger partial charge in [-0.1, -0.05) is 19.3 Å². The molecule has 0 aromatic carbocycles. The molecular weight excluding hydrogens is 352 g/mol. The van der Waals surface area contributed by atoms with Crippen molar-refractivity contribution in [1.82, 2.24) is 14.7 Å². The maximum absolute atomic E-state index is 13.1. The maximum atomic E-state index is 13.1. The van der Waals surface area contributed by atoms with Gasteiger partial charge in [-0.05, 0) is 50.4 Å². The van der Waals surface area contributed by atoms with Crippen LogP contribution in [-0.4, -0.2) is 78.4 Å². The second-order valence-corrected chi connectivity index (χ2v) is 9.59. The minimum absolute atomic E-state index is 0.181. The van der Waals surface area contributed by atoms with Gasteiger partial charge in [-0.15, -0.1) is 0 Å². The van der Waals surface area contributed by atoms with Crippen LogP contribution in [0.2, 0.25) is 0 Å². The Bertz CT molecular complexity index is 539. The number of rotatable bonds is 3. The second kappa shape index (κ2) is 9.12. The molecule has 0 aromatic heterocycles. The lowest BCUT2D eigenvalue weighted by Gasteiger charge is -2.45. The number of likely N-dealkylation sites (tertiary alicyclic amines) is 1. The zero-order valence-electron chi connectivity index (χ0n) is 17.4. The number of piperazine rings is 1. The summed E-state index contributed by atoms with van der Waals surface area (Å²) in [5.41, 5.74) is 6.39. The van der Waals surface area contributed by atoms with Crippen molar-refractivity contribution in [3.63, 3.8) is 0 Å². The van der Waals surface area contributed by atoms with Crippen LogP contribution in [0.4, 0.5) is 0 Å². The van der Waals surface area contributed by atoms with Crippen molar-refractivity contribution in [1.29, 1.82) is 0 Å². The summed E-state index contributed by atoms with van der Waals surface area (Å²) in [4.78, 5) is 32.1. The van der Waals surface area contributed by atoms with Gasteiger partial charge >= 0.3 is 0 Å². The molecule has 2 N–H and O–H groups in total. The Morgan fingerprint density at radius 3 is 1.96 bits per heavy atom. The third kappa shape index (κ3) is 4.54. The van der Waals surface area contributed by atoms with Crippen molar-refractivity contribution >= 4 is 11.8 Å². The minimum atomic E-state index is 0.181. The molecule has 0 radical (unpaired) electrons. The van der Waals surface area contributed by atoms with Crippen molar-refractivity contribution in [2.75, 3.05) is 45.8 Å². The molecule has 2 aliphatic heterocycles. The topological polar surface area (TPSA) is 69.9 Å². The Kier molecular flexibility index (Phi) is 6.56. The van der Waals surface area contributed by atoms with E-state index in [1.807, 2.05) is 0 Å². The number of hydrogen-bond donors (Lipinski definition) is 1. The van der Waals surface area contributed by atoms with Gasteiger partial charge in [0.05, 0.1) is 6.54 Å². The van der Waals surface area contributed by atoms with Gasteiger partial charge in [0, 0.05) is 51.2 Å². The third-order valence-electron chi connectivity index (χ3n) is 7.76. The van der Waals surface area contributed by atoms with E-state index in [2.05, 4.69) is 14.7 Å². The third-order valence-corrected chi connectivity index (χ3v) is 7.76. The van der Waals surface area contributed by atoms with E-state index in [0.29, 0.717) is 30.3 Å². The molecule has 2 atom stereocenters. The first-order valence-electron chi connectivity index (χ1n) is 11.7. The molecule has 28 heavy (non-hydrogen) atoms. The van der Waals surface area contributed by atoms with Gasteiger partial charge < -0.3 is 15.5 Å². The highest BCUT2D eigenvalue weighted by atomic mass is 16.2. The molecule has 2 saturated heterocycles. The van der Waals surface area contributed by atoms with Crippen LogP contribution in [0.25, 0.3) is 0 Å². The van der Waals surface area contributed by atoms with Gasteiger partial charge in [0.2, 0.25) is 11.8 Å². The first kappa shape index (κ1) is 20.1. The molecule has 2 unspecified atom stereocenters. The second-order valence-electron chi connectivity index (χ2n) is 9.59. The fourth-order valence-electron chi connectivity index (χ4n) is 5.99. The summed E-state index contributed by atoms with van der Waals surface area (Å²) in [6, 6.07) is 0.319. The summed E-state index contributed by atoms with van der Waals surface area (Å²) in [7, 11) is 0. The number of hydrogen-bond acceptors (Lipinski definition) is 4. The van der Waals surface area contributed by atoms with Crippen LogP contribution in [0, 0.1) is 17.8 Å². The number of amides is 2. The van der Waals surface area contributed by atoms with Gasteiger partial charge in [-0.3, -0.25) is 14.5 Å². The van der Waals surface area contributed by atoms with E-state index in [4.69, 9.17) is 5.73 Å². The zero-order valence-corrected chi connectivity index (χ0v) is 17.4. The van der Waals surface area contributed by atoms with E-state index in [1.54, 1.807) is 0 Å². The number of nitrogens with zero attached hydrogens (tertiary/aromatic N) is 3. The SMILES string of the molecule is NC1C2CCCC1CC(C(=O)N1CCN(CC(=O)N3CCCCCC3)CC1)C2. The average Bonchev–Trinajstić information content (AvgIpc) is 2.97. The summed E-state index contributed by atoms with van der Waals surface area (Å²) in [5, 5.41) is 0. The Balaban J connectivity index is 1.23. The van der Waals surface area contributed by atoms with E-state index in [-0.39, 0.29) is 11.8 Å². The van der Waals surface area contributed by atoms with Crippen LogP contribution in [0.3, 0.4) is 0 Å². The Labute approximate surface area is 169 Å². The Morgan fingerprint density at radius 1 is 0.750 bits per heavy atom. The number of carbonyl (C=O) groups excluding carboxylic acids is 2. The van der Waals surface area contributed by atoms with Crippen LogP contribution < -0.4 is 5.73 Å². The van der Waals surface area contributed by atoms with Gasteiger partial charge in [0.1, 0.15) is 0 Å². The van der Waals surface area contributed by atoms with Crippen LogP contribution >= 0.6 is 0 Å². The van der Waals surface area contributed by atoms with Crippen LogP contribution in [0.5, 0.6) is 0 Å². The van der Waals surface area contributed by atoms with Crippen molar-refractivity contribution < 1.29 is 9.59 Å². The standard InChI is InChI=1S/C22H38N4O2/c23-21-17-6-5-7-18(21)15-19(14-17)22(28)26-12-10-24(11-13-26)16-20(27)25-8-3-1-2-4-9-25/h17-19,21H,1-16,23H2. The van der Waals surface area contributed by atoms with Gasteiger partial charge in [-0.2, -0.15) is 0 Å². The lowest BCUT2D eigenvalue weighted by Crippen LogP contribution is -2.54. The highest BCUT2D eigenvalue weighted by Gasteiger charge is 2.42. The van der Waals surface area contributed by atoms with Crippen molar-refractivity contribution in [2.45, 2.75) is 63.8 Å². The normalized spacial score (nSPS) is 34.8. The molecule has 4 fully saturated rings. The van der Waals surface area contributed by atoms with Crippen LogP contribution in [0.1, 0.15) is 57.8 Å². The molecule has 0 spiro atoms. The molecule has 4 aliphatic rings. The highest BCUT2D eigenvalue weighted by molar-refractivity contribution is 5.80. The monoisotopic (exact) mass is 390 g/mol. The average molecular weight is 391 g/mol. The van der Waals surface area contributed by atoms with Gasteiger partial charge in [0.25, 0.3) is 0 Å². The van der Waals surface area contributed by atoms with Crippen molar-refractivity contribution in [3.8, 4) is 0 Å². The quantitative estimate of drug-likeness (QED) is 0.796. The molecule has 2 amide bonds. The summed E-state index contributed by atoms with van der Waals surface area (Å²) in [6.07, 6.45) is 10.4. The van der Waals surface area contributed by atoms with Crippen LogP contribution in [0.15, 0.2) is 0 Å². The molecule has 2 aliphatic carbocycles. The summed E-state index contributed by atoms with van der Waals surface area (Å²) >= 11 is 0. The molecule has 0 aromatic rings. The minimum Gasteiger partial charge on any atom is -0.342 e. The molecule has 6 nitrogen and oxygen atoms in total. The Morgan fingerprint density at radius 2 is 1.36 bits per heavy atom. The Hall–Kier alpha value is -1.14. The first-order chi connectivity index (χ1) is 13.6. The maximum Gasteiger partial charge on any atom is 0.236 e. The van der Waals surface area contributed by atoms with E-state index < -0.39 is 0 Å². The fraction of sp³-hybridized carbons (Fsp3) is 0.909. The van der Waals surface area contributed by atoms with Crippen LogP contribution in [-0.2, 0) is 9.59 Å². The molecule has 158 valence electrons. The van der Waals surface area contributed by atoms with E-state index in [1.165, 1.54) is 32.1 Å². The number of carbonyl (C=O) groups is 2. The molecule has 2 heterocycles. The largest absolute Gasteiger partial charge is 0.342 e. The molecule has 2 bridgehead atoms.